The van der Waals surface area contributed by atoms with Crippen molar-refractivity contribution in [2.45, 2.75) is 45.3 Å². The maximum absolute atomic E-state index is 13.0. The SMILES string of the molecule is CNC(=O)C(CCC=O)N1C(=O)c2cccc(OCC(=O)OC(C)(C)C)c2C1=O. The Morgan fingerprint density at radius 3 is 2.48 bits per heavy atom. The number of aldehydes is 1. The van der Waals surface area contributed by atoms with Crippen LogP contribution >= 0.6 is 0 Å². The minimum atomic E-state index is -1.13. The Labute approximate surface area is 168 Å². The lowest BCUT2D eigenvalue weighted by Crippen LogP contribution is -2.48. The van der Waals surface area contributed by atoms with Crippen molar-refractivity contribution >= 4 is 30.0 Å². The molecule has 0 saturated carbocycles. The molecule has 1 atom stereocenters. The molecule has 0 radical (unpaired) electrons. The molecule has 0 saturated heterocycles. The number of carbonyl (C=O) groups excluding carboxylic acids is 5. The van der Waals surface area contributed by atoms with Gasteiger partial charge < -0.3 is 19.6 Å². The van der Waals surface area contributed by atoms with Crippen molar-refractivity contribution in [3.05, 3.63) is 29.3 Å². The molecule has 0 aromatic heterocycles. The molecule has 0 aliphatic carbocycles. The quantitative estimate of drug-likeness (QED) is 0.391. The first-order valence-corrected chi connectivity index (χ1v) is 9.11. The Balaban J connectivity index is 2.29. The monoisotopic (exact) mass is 404 g/mol. The molecular weight excluding hydrogens is 380 g/mol. The summed E-state index contributed by atoms with van der Waals surface area (Å²) >= 11 is 0. The van der Waals surface area contributed by atoms with Crippen LogP contribution in [0.3, 0.4) is 0 Å². The Kier molecular flexibility index (Phi) is 6.73. The number of hydrogen-bond acceptors (Lipinski definition) is 7. The highest BCUT2D eigenvalue weighted by Gasteiger charge is 2.44. The normalized spacial score (nSPS) is 14.3. The second-order valence-electron chi connectivity index (χ2n) is 7.41. The molecule has 0 bridgehead atoms. The van der Waals surface area contributed by atoms with Gasteiger partial charge in [0.15, 0.2) is 6.61 Å². The minimum Gasteiger partial charge on any atom is -0.481 e. The van der Waals surface area contributed by atoms with Gasteiger partial charge in [-0.3, -0.25) is 19.3 Å². The van der Waals surface area contributed by atoms with Crippen LogP contribution in [0.4, 0.5) is 0 Å². The van der Waals surface area contributed by atoms with Crippen LogP contribution < -0.4 is 10.1 Å². The third kappa shape index (κ3) is 4.98. The fraction of sp³-hybridized carbons (Fsp3) is 0.450. The topological polar surface area (TPSA) is 119 Å². The number of nitrogens with one attached hydrogen (secondary N) is 1. The van der Waals surface area contributed by atoms with E-state index in [9.17, 15) is 24.0 Å². The van der Waals surface area contributed by atoms with Gasteiger partial charge in [-0.25, -0.2) is 4.79 Å². The largest absolute Gasteiger partial charge is 0.481 e. The summed E-state index contributed by atoms with van der Waals surface area (Å²) in [6.07, 6.45) is 0.625. The number of benzene rings is 1. The molecule has 1 N–H and O–H groups in total. The van der Waals surface area contributed by atoms with Crippen LogP contribution in [0.5, 0.6) is 5.75 Å². The Bertz CT molecular complexity index is 842. The minimum absolute atomic E-state index is 0.00272. The van der Waals surface area contributed by atoms with Crippen molar-refractivity contribution in [1.82, 2.24) is 10.2 Å². The molecule has 9 nitrogen and oxygen atoms in total. The zero-order chi connectivity index (χ0) is 21.8. The van der Waals surface area contributed by atoms with Gasteiger partial charge >= 0.3 is 5.97 Å². The lowest BCUT2D eigenvalue weighted by atomic mass is 10.1. The number of likely N-dealkylation sites (N-methyl/N-ethyl adjacent to an activating group) is 1. The molecule has 1 heterocycles. The van der Waals surface area contributed by atoms with E-state index in [2.05, 4.69) is 5.32 Å². The molecule has 0 fully saturated rings. The predicted octanol–water partition coefficient (Wildman–Crippen LogP) is 1.10. The van der Waals surface area contributed by atoms with Gasteiger partial charge in [0, 0.05) is 13.5 Å². The van der Waals surface area contributed by atoms with Crippen LogP contribution in [0.1, 0.15) is 54.3 Å². The van der Waals surface area contributed by atoms with Gasteiger partial charge in [-0.1, -0.05) is 6.07 Å². The predicted molar refractivity (Wildman–Crippen MR) is 101 cm³/mol. The molecule has 29 heavy (non-hydrogen) atoms. The summed E-state index contributed by atoms with van der Waals surface area (Å²) in [6, 6.07) is 3.28. The maximum atomic E-state index is 13.0. The van der Waals surface area contributed by atoms with Crippen LogP contribution in [-0.4, -0.2) is 60.2 Å². The van der Waals surface area contributed by atoms with Crippen LogP contribution in [0.15, 0.2) is 18.2 Å². The van der Waals surface area contributed by atoms with Crippen molar-refractivity contribution in [1.29, 1.82) is 0 Å². The molecule has 156 valence electrons. The summed E-state index contributed by atoms with van der Waals surface area (Å²) in [5.41, 5.74) is -0.654. The van der Waals surface area contributed by atoms with Crippen LogP contribution in [0.2, 0.25) is 0 Å². The zero-order valence-corrected chi connectivity index (χ0v) is 16.8. The number of fused-ring (bicyclic) bond motifs is 1. The average molecular weight is 404 g/mol. The number of rotatable bonds is 8. The van der Waals surface area contributed by atoms with Crippen molar-refractivity contribution in [3.8, 4) is 5.75 Å². The molecule has 1 aliphatic rings. The molecule has 1 aliphatic heterocycles. The Morgan fingerprint density at radius 1 is 1.21 bits per heavy atom. The maximum Gasteiger partial charge on any atom is 0.344 e. The molecular formula is C20H24N2O7. The summed E-state index contributed by atoms with van der Waals surface area (Å²) in [5.74, 6) is -2.52. The van der Waals surface area contributed by atoms with Crippen molar-refractivity contribution < 1.29 is 33.4 Å². The fourth-order valence-electron chi connectivity index (χ4n) is 2.95. The number of esters is 1. The summed E-state index contributed by atoms with van der Waals surface area (Å²) in [6.45, 7) is 4.69. The van der Waals surface area contributed by atoms with Crippen LogP contribution in [0, 0.1) is 0 Å². The van der Waals surface area contributed by atoms with E-state index in [0.29, 0.717) is 6.29 Å². The molecule has 2 rings (SSSR count). The van der Waals surface area contributed by atoms with E-state index in [1.54, 1.807) is 20.8 Å². The smallest absolute Gasteiger partial charge is 0.344 e. The van der Waals surface area contributed by atoms with Crippen molar-refractivity contribution in [2.75, 3.05) is 13.7 Å². The molecule has 1 aromatic rings. The highest BCUT2D eigenvalue weighted by Crippen LogP contribution is 2.33. The second-order valence-corrected chi connectivity index (χ2v) is 7.41. The second kappa shape index (κ2) is 8.85. The number of hydrogen-bond donors (Lipinski definition) is 1. The highest BCUT2D eigenvalue weighted by molar-refractivity contribution is 6.24. The average Bonchev–Trinajstić information content (AvgIpc) is 2.90. The number of carbonyl (C=O) groups is 5. The summed E-state index contributed by atoms with van der Waals surface area (Å²) in [5, 5.41) is 2.40. The molecule has 9 heteroatoms. The number of amides is 3. The van der Waals surface area contributed by atoms with Crippen molar-refractivity contribution in [3.63, 3.8) is 0 Å². The van der Waals surface area contributed by atoms with E-state index in [1.807, 2.05) is 0 Å². The molecule has 1 aromatic carbocycles. The van der Waals surface area contributed by atoms with Gasteiger partial charge in [0.05, 0.1) is 11.1 Å². The first kappa shape index (κ1) is 22.1. The van der Waals surface area contributed by atoms with E-state index in [-0.39, 0.29) is 29.7 Å². The van der Waals surface area contributed by atoms with Gasteiger partial charge in [0.25, 0.3) is 11.8 Å². The molecule has 0 spiro atoms. The van der Waals surface area contributed by atoms with E-state index in [1.165, 1.54) is 25.2 Å². The molecule has 1 unspecified atom stereocenters. The van der Waals surface area contributed by atoms with E-state index in [4.69, 9.17) is 9.47 Å². The van der Waals surface area contributed by atoms with Crippen molar-refractivity contribution in [2.24, 2.45) is 0 Å². The summed E-state index contributed by atoms with van der Waals surface area (Å²) < 4.78 is 10.6. The summed E-state index contributed by atoms with van der Waals surface area (Å²) in [4.78, 5) is 61.4. The zero-order valence-electron chi connectivity index (χ0n) is 16.8. The number of imide groups is 1. The third-order valence-corrected chi connectivity index (χ3v) is 4.09. The lowest BCUT2D eigenvalue weighted by molar-refractivity contribution is -0.157. The molecule has 3 amide bonds. The third-order valence-electron chi connectivity index (χ3n) is 4.09. The first-order chi connectivity index (χ1) is 13.6. The van der Waals surface area contributed by atoms with Crippen LogP contribution in [-0.2, 0) is 19.1 Å². The Hall–Kier alpha value is -3.23. The van der Waals surface area contributed by atoms with E-state index >= 15 is 0 Å². The number of nitrogens with zero attached hydrogens (tertiary/aromatic N) is 1. The highest BCUT2D eigenvalue weighted by atomic mass is 16.6. The Morgan fingerprint density at radius 2 is 1.90 bits per heavy atom. The number of ether oxygens (including phenoxy) is 2. The van der Waals surface area contributed by atoms with E-state index < -0.39 is 41.9 Å². The summed E-state index contributed by atoms with van der Waals surface area (Å²) in [7, 11) is 1.38. The van der Waals surface area contributed by atoms with Gasteiger partial charge in [-0.2, -0.15) is 0 Å². The van der Waals surface area contributed by atoms with Gasteiger partial charge in [0.1, 0.15) is 23.7 Å². The van der Waals surface area contributed by atoms with Gasteiger partial charge in [-0.05, 0) is 39.3 Å². The van der Waals surface area contributed by atoms with Gasteiger partial charge in [-0.15, -0.1) is 0 Å². The van der Waals surface area contributed by atoms with Crippen LogP contribution in [0.25, 0.3) is 0 Å². The lowest BCUT2D eigenvalue weighted by Gasteiger charge is -2.24. The fourth-order valence-corrected chi connectivity index (χ4v) is 2.95. The van der Waals surface area contributed by atoms with E-state index in [0.717, 1.165) is 4.90 Å². The first-order valence-electron chi connectivity index (χ1n) is 9.11. The van der Waals surface area contributed by atoms with Gasteiger partial charge in [0.2, 0.25) is 5.91 Å². The standard InChI is InChI=1S/C20H24N2O7/c1-20(2,3)29-15(24)11-28-14-9-5-7-12-16(14)19(27)22(18(12)26)13(8-6-10-23)17(25)21-4/h5,7,9-10,13H,6,8,11H2,1-4H3,(H,21,25).